The van der Waals surface area contributed by atoms with Crippen molar-refractivity contribution in [2.24, 2.45) is 0 Å². The van der Waals surface area contributed by atoms with Gasteiger partial charge >= 0.3 is 6.01 Å². The van der Waals surface area contributed by atoms with Gasteiger partial charge in [-0.3, -0.25) is 0 Å². The van der Waals surface area contributed by atoms with Gasteiger partial charge in [0.25, 0.3) is 0 Å². The van der Waals surface area contributed by atoms with Crippen LogP contribution >= 0.6 is 0 Å². The first kappa shape index (κ1) is 23.9. The molecular weight excluding hydrogens is 438 g/mol. The maximum Gasteiger partial charge on any atom is 0.336 e. The number of hydrogen-bond acceptors (Lipinski definition) is 6. The van der Waals surface area contributed by atoms with E-state index in [4.69, 9.17) is 14.2 Å². The molecule has 0 N–H and O–H groups in total. The van der Waals surface area contributed by atoms with E-state index in [1.165, 1.54) is 12.4 Å². The summed E-state index contributed by atoms with van der Waals surface area (Å²) in [5, 5.41) is 7.82. The van der Waals surface area contributed by atoms with Crippen molar-refractivity contribution < 1.29 is 14.2 Å². The first-order valence-corrected chi connectivity index (χ1v) is 11.5. The average Bonchev–Trinajstić information content (AvgIpc) is 2.93. The number of benzene rings is 3. The molecule has 3 aromatic carbocycles. The molecule has 6 nitrogen and oxygen atoms in total. The lowest BCUT2D eigenvalue weighted by Crippen LogP contribution is -2.37. The Morgan fingerprint density at radius 3 is 1.86 bits per heavy atom. The van der Waals surface area contributed by atoms with Gasteiger partial charge in [0.2, 0.25) is 0 Å². The summed E-state index contributed by atoms with van der Waals surface area (Å²) in [5.41, 5.74) is 2.16. The van der Waals surface area contributed by atoms with Gasteiger partial charge in [-0.05, 0) is 23.6 Å². The van der Waals surface area contributed by atoms with Gasteiger partial charge in [0, 0.05) is 0 Å². The highest BCUT2D eigenvalue weighted by atomic mass is 16.6. The highest BCUT2D eigenvalue weighted by Crippen LogP contribution is 2.40. The van der Waals surface area contributed by atoms with E-state index in [-0.39, 0.29) is 12.6 Å². The van der Waals surface area contributed by atoms with Crippen LogP contribution in [0.1, 0.15) is 30.0 Å². The molecule has 0 spiro atoms. The molecular formula is C29H27N3O3. The maximum atomic E-state index is 6.87. The van der Waals surface area contributed by atoms with E-state index in [9.17, 15) is 0 Å². The molecule has 1 aromatic heterocycles. The van der Waals surface area contributed by atoms with Crippen LogP contribution < -0.4 is 4.74 Å². The van der Waals surface area contributed by atoms with Gasteiger partial charge in [0.15, 0.2) is 0 Å². The minimum absolute atomic E-state index is 0.170. The van der Waals surface area contributed by atoms with Crippen LogP contribution in [0, 0.1) is 12.0 Å². The molecule has 0 saturated carbocycles. The Bertz CT molecular complexity index is 1110. The molecule has 0 radical (unpaired) electrons. The summed E-state index contributed by atoms with van der Waals surface area (Å²) in [7, 11) is 0. The summed E-state index contributed by atoms with van der Waals surface area (Å²) < 4.78 is 18.1. The molecule has 0 amide bonds. The normalized spacial score (nSPS) is 11.7. The fourth-order valence-corrected chi connectivity index (χ4v) is 3.84. The van der Waals surface area contributed by atoms with Gasteiger partial charge in [0.1, 0.15) is 17.8 Å². The predicted octanol–water partition coefficient (Wildman–Crippen LogP) is 5.02. The molecule has 0 aliphatic carbocycles. The Morgan fingerprint density at radius 1 is 0.800 bits per heavy atom. The monoisotopic (exact) mass is 465 g/mol. The number of ether oxygens (including phenoxy) is 3. The van der Waals surface area contributed by atoms with E-state index in [2.05, 4.69) is 63.6 Å². The number of aromatic nitrogens is 3. The Balaban J connectivity index is 1.73. The molecule has 6 heteroatoms. The molecule has 1 unspecified atom stereocenters. The Morgan fingerprint density at radius 2 is 1.37 bits per heavy atom. The zero-order valence-corrected chi connectivity index (χ0v) is 19.6. The Labute approximate surface area is 205 Å². The molecule has 4 rings (SSSR count). The molecule has 4 aromatic rings. The minimum atomic E-state index is -0.867. The lowest BCUT2D eigenvalue weighted by Gasteiger charge is -2.36. The van der Waals surface area contributed by atoms with Crippen molar-refractivity contribution in [3.05, 3.63) is 120 Å². The van der Waals surface area contributed by atoms with E-state index in [0.29, 0.717) is 13.0 Å². The van der Waals surface area contributed by atoms with Gasteiger partial charge in [-0.2, -0.15) is 5.10 Å². The van der Waals surface area contributed by atoms with Crippen molar-refractivity contribution in [2.75, 3.05) is 13.2 Å². The van der Waals surface area contributed by atoms with Crippen LogP contribution in [0.5, 0.6) is 6.01 Å². The summed E-state index contributed by atoms with van der Waals surface area (Å²) in [6.07, 6.45) is 5.65. The molecule has 0 aliphatic heterocycles. The molecule has 35 heavy (non-hydrogen) atoms. The predicted molar refractivity (Wildman–Crippen MR) is 133 cm³/mol. The van der Waals surface area contributed by atoms with Gasteiger partial charge in [0.05, 0.1) is 32.0 Å². The summed E-state index contributed by atoms with van der Waals surface area (Å²) in [5.74, 6) is 3.01. The Kier molecular flexibility index (Phi) is 8.42. The van der Waals surface area contributed by atoms with Crippen LogP contribution in [0.4, 0.5) is 0 Å². The largest absolute Gasteiger partial charge is 0.456 e. The summed E-state index contributed by atoms with van der Waals surface area (Å²) in [6, 6.07) is 30.7. The second-order valence-corrected chi connectivity index (χ2v) is 7.67. The van der Waals surface area contributed by atoms with E-state index < -0.39 is 11.7 Å². The fraction of sp³-hybridized carbons (Fsp3) is 0.207. The first-order valence-electron chi connectivity index (χ1n) is 11.5. The fourth-order valence-electron chi connectivity index (χ4n) is 3.84. The molecule has 0 aliphatic rings. The van der Waals surface area contributed by atoms with Crippen molar-refractivity contribution in [3.8, 4) is 18.0 Å². The van der Waals surface area contributed by atoms with E-state index in [1.807, 2.05) is 61.5 Å². The standard InChI is InChI=1S/C29H27N3O3/c1-2-33-22-12-19-27(35-28-30-20-21-31-32-28)23-34-29(24-13-6-3-7-14-24,25-15-8-4-9-16-25)26-17-10-5-11-18-26/h3-11,13-18,20-21,27H,2,19,23H2,1H3. The summed E-state index contributed by atoms with van der Waals surface area (Å²) in [6.45, 7) is 2.63. The second-order valence-electron chi connectivity index (χ2n) is 7.67. The quantitative estimate of drug-likeness (QED) is 0.242. The minimum Gasteiger partial charge on any atom is -0.456 e. The topological polar surface area (TPSA) is 66.4 Å². The maximum absolute atomic E-state index is 6.87. The van der Waals surface area contributed by atoms with Gasteiger partial charge < -0.3 is 14.2 Å². The van der Waals surface area contributed by atoms with Crippen molar-refractivity contribution in [3.63, 3.8) is 0 Å². The lowest BCUT2D eigenvalue weighted by atomic mass is 9.80. The molecule has 1 atom stereocenters. The second kappa shape index (κ2) is 12.3. The van der Waals surface area contributed by atoms with Crippen molar-refractivity contribution in [2.45, 2.75) is 25.0 Å². The molecule has 176 valence electrons. The van der Waals surface area contributed by atoms with Crippen LogP contribution in [-0.2, 0) is 15.1 Å². The summed E-state index contributed by atoms with van der Waals surface area (Å²) >= 11 is 0. The highest BCUT2D eigenvalue weighted by molar-refractivity contribution is 5.47. The van der Waals surface area contributed by atoms with E-state index in [1.54, 1.807) is 0 Å². The van der Waals surface area contributed by atoms with Crippen LogP contribution in [0.3, 0.4) is 0 Å². The zero-order chi connectivity index (χ0) is 24.2. The van der Waals surface area contributed by atoms with E-state index >= 15 is 0 Å². The third kappa shape index (κ3) is 6.03. The van der Waals surface area contributed by atoms with Crippen LogP contribution in [0.2, 0.25) is 0 Å². The summed E-state index contributed by atoms with van der Waals surface area (Å²) in [4.78, 5) is 4.15. The smallest absolute Gasteiger partial charge is 0.336 e. The molecule has 0 bridgehead atoms. The van der Waals surface area contributed by atoms with Crippen molar-refractivity contribution >= 4 is 0 Å². The first-order chi connectivity index (χ1) is 17.3. The lowest BCUT2D eigenvalue weighted by molar-refractivity contribution is -0.0313. The SMILES string of the molecule is CCOC#CCC(COC(c1ccccc1)(c1ccccc1)c1ccccc1)Oc1nccnn1. The number of hydrogen-bond donors (Lipinski definition) is 0. The third-order valence-electron chi connectivity index (χ3n) is 5.38. The molecule has 0 saturated heterocycles. The zero-order valence-electron chi connectivity index (χ0n) is 19.6. The van der Waals surface area contributed by atoms with Gasteiger partial charge in [-0.25, -0.2) is 4.98 Å². The number of nitrogens with zero attached hydrogens (tertiary/aromatic N) is 3. The van der Waals surface area contributed by atoms with Gasteiger partial charge in [-0.1, -0.05) is 102 Å². The van der Waals surface area contributed by atoms with Crippen LogP contribution in [-0.4, -0.2) is 34.5 Å². The number of rotatable bonds is 10. The molecule has 1 heterocycles. The average molecular weight is 466 g/mol. The third-order valence-corrected chi connectivity index (χ3v) is 5.38. The Hall–Kier alpha value is -4.21. The molecule has 0 fully saturated rings. The van der Waals surface area contributed by atoms with Crippen LogP contribution in [0.15, 0.2) is 103 Å². The van der Waals surface area contributed by atoms with Gasteiger partial charge in [-0.15, -0.1) is 0 Å². The highest BCUT2D eigenvalue weighted by Gasteiger charge is 2.38. The van der Waals surface area contributed by atoms with Crippen molar-refractivity contribution in [1.29, 1.82) is 0 Å². The van der Waals surface area contributed by atoms with Crippen LogP contribution in [0.25, 0.3) is 0 Å². The van der Waals surface area contributed by atoms with E-state index in [0.717, 1.165) is 16.7 Å². The van der Waals surface area contributed by atoms with Crippen molar-refractivity contribution in [1.82, 2.24) is 15.2 Å².